The highest BCUT2D eigenvalue weighted by atomic mass is 16.7. The molecule has 2 fully saturated rings. The highest BCUT2D eigenvalue weighted by molar-refractivity contribution is 6.01. The summed E-state index contributed by atoms with van der Waals surface area (Å²) in [6.45, 7) is 1.59. The van der Waals surface area contributed by atoms with E-state index in [1.54, 1.807) is 23.6 Å². The van der Waals surface area contributed by atoms with Gasteiger partial charge in [0.2, 0.25) is 11.8 Å². The number of likely N-dealkylation sites (N-methyl/N-ethyl adjacent to an activating group) is 2. The number of imide groups is 1. The highest BCUT2D eigenvalue weighted by Gasteiger charge is 2.41. The van der Waals surface area contributed by atoms with Gasteiger partial charge in [-0.15, -0.1) is 5.06 Å². The van der Waals surface area contributed by atoms with Gasteiger partial charge in [-0.1, -0.05) is 0 Å². The number of nitrogens with zero attached hydrogens (tertiary/aromatic N) is 3. The molecule has 2 heterocycles. The Bertz CT molecular complexity index is 812. The third kappa shape index (κ3) is 6.73. The van der Waals surface area contributed by atoms with Gasteiger partial charge in [0.15, 0.2) is 0 Å². The summed E-state index contributed by atoms with van der Waals surface area (Å²) in [5, 5.41) is 5.61. The van der Waals surface area contributed by atoms with Crippen LogP contribution in [0.5, 0.6) is 0 Å². The van der Waals surface area contributed by atoms with Crippen molar-refractivity contribution in [3.8, 4) is 0 Å². The van der Waals surface area contributed by atoms with Crippen LogP contribution in [-0.2, 0) is 28.8 Å². The lowest BCUT2D eigenvalue weighted by Crippen LogP contribution is -2.60. The van der Waals surface area contributed by atoms with E-state index in [1.165, 1.54) is 0 Å². The lowest BCUT2D eigenvalue weighted by molar-refractivity contribution is -0.197. The first-order valence-electron chi connectivity index (χ1n) is 12.5. The summed E-state index contributed by atoms with van der Waals surface area (Å²) in [6.07, 6.45) is -0.333. The minimum atomic E-state index is -1.30. The van der Waals surface area contributed by atoms with Gasteiger partial charge in [0.1, 0.15) is 0 Å². The topological polar surface area (TPSA) is 128 Å². The molecule has 0 saturated carbocycles. The molecule has 0 spiro atoms. The first kappa shape index (κ1) is 19.2. The van der Waals surface area contributed by atoms with E-state index in [4.69, 9.17) is 10.3 Å². The average molecular weight is 448 g/mol. The maximum absolute atomic E-state index is 12.9. The number of carbonyl (C=O) groups excluding carboxylic acids is 5. The van der Waals surface area contributed by atoms with Crippen molar-refractivity contribution >= 4 is 29.6 Å². The Labute approximate surface area is 188 Å². The number of hydroxylamine groups is 2. The summed E-state index contributed by atoms with van der Waals surface area (Å²) in [6, 6.07) is -0.566. The zero-order chi connectivity index (χ0) is 26.3. The fourth-order valence-corrected chi connectivity index (χ4v) is 3.33. The Kier molecular flexibility index (Phi) is 6.60. The van der Waals surface area contributed by atoms with E-state index >= 15 is 0 Å². The van der Waals surface area contributed by atoms with E-state index in [0.29, 0.717) is 11.6 Å². The Hall–Kier alpha value is -2.53. The maximum atomic E-state index is 12.9. The van der Waals surface area contributed by atoms with Crippen LogP contribution in [0.15, 0.2) is 0 Å². The number of hydrogen-bond acceptors (Lipinski definition) is 8. The van der Waals surface area contributed by atoms with Gasteiger partial charge in [-0.3, -0.25) is 24.1 Å². The van der Waals surface area contributed by atoms with Gasteiger partial charge < -0.3 is 20.4 Å². The second-order valence-electron chi connectivity index (χ2n) is 8.12. The monoisotopic (exact) mass is 447 g/mol. The molecule has 11 heteroatoms. The summed E-state index contributed by atoms with van der Waals surface area (Å²) >= 11 is 0. The lowest BCUT2D eigenvalue weighted by Gasteiger charge is -2.45. The molecular weight excluding hydrogens is 410 g/mol. The minimum Gasteiger partial charge on any atom is -0.355 e. The van der Waals surface area contributed by atoms with E-state index in [1.807, 2.05) is 0 Å². The number of piperazine rings is 1. The average Bonchev–Trinajstić information content (AvgIpc) is 3.10. The summed E-state index contributed by atoms with van der Waals surface area (Å²) in [5.74, 6) is -2.83. The molecule has 2 saturated heterocycles. The standard InChI is InChI=1S/C20H33N5O6/c1-20(2,14-13-23(3)11-12-24(14)4)19(30)22-9-7-15(26)21-10-8-18(29)31-25-16(27)5-6-17(25)28/h14H,5-13H2,1-4H3,(H,21,26)(H,22,30)/i3+1D2,4+1D2,11+1,12+1. The second kappa shape index (κ2) is 10.7. The largest absolute Gasteiger partial charge is 0.355 e. The van der Waals surface area contributed by atoms with E-state index < -0.39 is 55.1 Å². The van der Waals surface area contributed by atoms with Crippen molar-refractivity contribution in [2.45, 2.75) is 45.6 Å². The normalized spacial score (nSPS) is 22.7. The Balaban J connectivity index is 1.76. The van der Waals surface area contributed by atoms with E-state index in [0.717, 1.165) is 0 Å². The van der Waals surface area contributed by atoms with E-state index in [-0.39, 0.29) is 51.9 Å². The van der Waals surface area contributed by atoms with Crippen LogP contribution >= 0.6 is 0 Å². The van der Waals surface area contributed by atoms with Crippen LogP contribution in [0.25, 0.3) is 0 Å². The van der Waals surface area contributed by atoms with Crippen LogP contribution in [0.2, 0.25) is 0 Å². The van der Waals surface area contributed by atoms with Crippen molar-refractivity contribution in [2.24, 2.45) is 5.41 Å². The van der Waals surface area contributed by atoms with Gasteiger partial charge in [-0.2, -0.15) is 0 Å². The number of rotatable bonds is 9. The van der Waals surface area contributed by atoms with Gasteiger partial charge in [-0.05, 0) is 27.8 Å². The molecule has 0 bridgehead atoms. The van der Waals surface area contributed by atoms with Gasteiger partial charge >= 0.3 is 5.97 Å². The lowest BCUT2D eigenvalue weighted by atomic mass is 9.82. The maximum Gasteiger partial charge on any atom is 0.334 e. The first-order chi connectivity index (χ1) is 16.3. The number of amides is 4. The summed E-state index contributed by atoms with van der Waals surface area (Å²) in [5.41, 5.74) is -1.06. The number of carbonyl (C=O) groups is 5. The van der Waals surface area contributed by atoms with E-state index in [2.05, 4.69) is 10.6 Å². The quantitative estimate of drug-likeness (QED) is 0.336. The Morgan fingerprint density at radius 3 is 2.39 bits per heavy atom. The van der Waals surface area contributed by atoms with Gasteiger partial charge in [0.25, 0.3) is 11.8 Å². The first-order valence-corrected chi connectivity index (χ1v) is 10.1. The van der Waals surface area contributed by atoms with Crippen molar-refractivity contribution in [3.05, 3.63) is 0 Å². The zero-order valence-electron chi connectivity index (χ0n) is 21.9. The van der Waals surface area contributed by atoms with Crippen LogP contribution in [-0.4, -0.2) is 97.2 Å². The third-order valence-electron chi connectivity index (χ3n) is 5.36. The number of hydrogen-bond donors (Lipinski definition) is 2. The second-order valence-corrected chi connectivity index (χ2v) is 8.12. The highest BCUT2D eigenvalue weighted by Crippen LogP contribution is 2.27. The molecule has 4 amide bonds. The molecular formula is C20H33N5O6. The summed E-state index contributed by atoms with van der Waals surface area (Å²) in [4.78, 5) is 67.3. The predicted octanol–water partition coefficient (Wildman–Crippen LogP) is -1.12. The van der Waals surface area contributed by atoms with Crippen LogP contribution in [0.1, 0.15) is 45.0 Å². The van der Waals surface area contributed by atoms with Crippen LogP contribution < -0.4 is 10.6 Å². The van der Waals surface area contributed by atoms with E-state index in [9.17, 15) is 24.0 Å². The SMILES string of the molecule is [2H][13CH]([2H])N1CC(C(C)(C)C(=O)NCCC(=O)NCCC(=O)ON2C(=O)CCC2=O)N([13CH]([2H])[2H])[13CH2][13CH2]1. The molecule has 1 atom stereocenters. The third-order valence-corrected chi connectivity index (χ3v) is 5.36. The molecule has 2 aliphatic heterocycles. The van der Waals surface area contributed by atoms with Crippen molar-refractivity contribution in [1.82, 2.24) is 25.5 Å². The molecule has 2 aliphatic rings. The summed E-state index contributed by atoms with van der Waals surface area (Å²) in [7, 11) is 0. The van der Waals surface area contributed by atoms with Crippen molar-refractivity contribution in [1.29, 1.82) is 0 Å². The molecule has 1 unspecified atom stereocenters. The Morgan fingerprint density at radius 2 is 1.74 bits per heavy atom. The molecule has 0 aromatic heterocycles. The molecule has 2 N–H and O–H groups in total. The van der Waals surface area contributed by atoms with Crippen molar-refractivity contribution in [3.63, 3.8) is 0 Å². The van der Waals surface area contributed by atoms with Crippen molar-refractivity contribution in [2.75, 3.05) is 46.7 Å². The fraction of sp³-hybridized carbons (Fsp3) is 0.750. The smallest absolute Gasteiger partial charge is 0.334 e. The molecule has 0 aromatic carbocycles. The Morgan fingerprint density at radius 1 is 1.06 bits per heavy atom. The van der Waals surface area contributed by atoms with Gasteiger partial charge in [0.05, 0.1) is 11.8 Å². The molecule has 0 radical (unpaired) electrons. The van der Waals surface area contributed by atoms with Crippen molar-refractivity contribution < 1.29 is 34.3 Å². The number of nitrogens with one attached hydrogen (secondary N) is 2. The molecule has 174 valence electrons. The predicted molar refractivity (Wildman–Crippen MR) is 110 cm³/mol. The van der Waals surface area contributed by atoms with Gasteiger partial charge in [0, 0.05) is 63.5 Å². The fourth-order valence-electron chi connectivity index (χ4n) is 3.33. The molecule has 31 heavy (non-hydrogen) atoms. The molecule has 0 aliphatic carbocycles. The van der Waals surface area contributed by atoms with Crippen LogP contribution in [0.3, 0.4) is 0 Å². The zero-order valence-corrected chi connectivity index (χ0v) is 17.9. The summed E-state index contributed by atoms with van der Waals surface area (Å²) < 4.78 is 30.9. The molecule has 2 rings (SSSR count). The van der Waals surface area contributed by atoms with Gasteiger partial charge in [-0.25, -0.2) is 4.79 Å². The molecule has 0 aromatic rings. The minimum absolute atomic E-state index is 0.00974. The molecule has 11 nitrogen and oxygen atoms in total. The van der Waals surface area contributed by atoms with Crippen LogP contribution in [0.4, 0.5) is 0 Å². The van der Waals surface area contributed by atoms with Crippen LogP contribution in [0, 0.1) is 5.41 Å².